The van der Waals surface area contributed by atoms with E-state index in [1.165, 1.54) is 18.4 Å². The van der Waals surface area contributed by atoms with E-state index in [1.54, 1.807) is 7.11 Å². The Morgan fingerprint density at radius 1 is 1.29 bits per heavy atom. The van der Waals surface area contributed by atoms with Crippen LogP contribution in [0.2, 0.25) is 0 Å². The molecule has 1 aliphatic heterocycles. The first-order chi connectivity index (χ1) is 13.2. The van der Waals surface area contributed by atoms with Gasteiger partial charge in [0.05, 0.1) is 13.2 Å². The van der Waals surface area contributed by atoms with Crippen molar-refractivity contribution >= 4 is 29.9 Å². The first-order valence-electron chi connectivity index (χ1n) is 10.1. The normalized spacial score (nSPS) is 17.3. The first kappa shape index (κ1) is 25.0. The van der Waals surface area contributed by atoms with Gasteiger partial charge < -0.3 is 20.1 Å². The van der Waals surface area contributed by atoms with Crippen LogP contribution in [-0.2, 0) is 11.3 Å². The number of nitrogens with zero attached hydrogens (tertiary/aromatic N) is 2. The number of hydrogen-bond donors (Lipinski definition) is 2. The van der Waals surface area contributed by atoms with Crippen LogP contribution in [0.1, 0.15) is 37.3 Å². The van der Waals surface area contributed by atoms with Gasteiger partial charge in [-0.25, -0.2) is 0 Å². The Kier molecular flexibility index (Phi) is 12.5. The van der Waals surface area contributed by atoms with Crippen molar-refractivity contribution in [3.63, 3.8) is 0 Å². The second kappa shape index (κ2) is 14.0. The highest BCUT2D eigenvalue weighted by atomic mass is 127. The largest absolute Gasteiger partial charge is 0.493 e. The Balaban J connectivity index is 0.00000392. The summed E-state index contributed by atoms with van der Waals surface area (Å²) in [7, 11) is 3.58. The molecule has 1 atom stereocenters. The van der Waals surface area contributed by atoms with Crippen molar-refractivity contribution in [2.45, 2.75) is 45.7 Å². The molecule has 0 radical (unpaired) electrons. The number of benzene rings is 1. The molecular weight excluding hydrogens is 467 g/mol. The zero-order valence-electron chi connectivity index (χ0n) is 17.8. The monoisotopic (exact) mass is 504 g/mol. The highest BCUT2D eigenvalue weighted by molar-refractivity contribution is 14.0. The van der Waals surface area contributed by atoms with Crippen LogP contribution in [0.4, 0.5) is 0 Å². The molecule has 0 amide bonds. The number of nitrogens with one attached hydrogen (secondary N) is 2. The topological polar surface area (TPSA) is 58.1 Å². The maximum Gasteiger partial charge on any atom is 0.191 e. The van der Waals surface area contributed by atoms with Gasteiger partial charge in [0.1, 0.15) is 5.75 Å². The van der Waals surface area contributed by atoms with Gasteiger partial charge in [0.15, 0.2) is 5.96 Å². The average molecular weight is 504 g/mol. The van der Waals surface area contributed by atoms with E-state index in [-0.39, 0.29) is 24.0 Å². The quantitative estimate of drug-likeness (QED) is 0.291. The molecule has 0 aromatic heterocycles. The number of hydrogen-bond acceptors (Lipinski definition) is 4. The maximum atomic E-state index is 5.91. The van der Waals surface area contributed by atoms with Gasteiger partial charge in [-0.2, -0.15) is 0 Å². The van der Waals surface area contributed by atoms with E-state index in [9.17, 15) is 0 Å². The van der Waals surface area contributed by atoms with Crippen LogP contribution in [0.3, 0.4) is 0 Å². The molecular formula is C21H37IN4O2. The van der Waals surface area contributed by atoms with Crippen molar-refractivity contribution in [3.8, 4) is 5.75 Å². The fraction of sp³-hybridized carbons (Fsp3) is 0.667. The van der Waals surface area contributed by atoms with Gasteiger partial charge in [-0.3, -0.25) is 9.89 Å². The standard InChI is InChI=1S/C21H36N4O2.HI/c1-5-12-27-20-14-17(2)8-9-18(20)15-23-21(22-3)24-16-19-7-6-10-25(19)11-13-26-4;/h8-9,14,19H,5-7,10-13,15-16H2,1-4H3,(H2,22,23,24);1H. The van der Waals surface area contributed by atoms with Crippen LogP contribution < -0.4 is 15.4 Å². The van der Waals surface area contributed by atoms with Crippen LogP contribution in [0, 0.1) is 6.92 Å². The lowest BCUT2D eigenvalue weighted by Crippen LogP contribution is -2.45. The first-order valence-corrected chi connectivity index (χ1v) is 10.1. The number of aliphatic imine (C=N–C) groups is 1. The molecule has 0 spiro atoms. The minimum Gasteiger partial charge on any atom is -0.493 e. The summed E-state index contributed by atoms with van der Waals surface area (Å²) in [6.07, 6.45) is 3.48. The zero-order chi connectivity index (χ0) is 19.5. The highest BCUT2D eigenvalue weighted by Crippen LogP contribution is 2.20. The molecule has 1 aromatic carbocycles. The van der Waals surface area contributed by atoms with E-state index in [0.29, 0.717) is 12.6 Å². The van der Waals surface area contributed by atoms with Crippen molar-refractivity contribution < 1.29 is 9.47 Å². The summed E-state index contributed by atoms with van der Waals surface area (Å²) in [5.74, 6) is 1.79. The molecule has 2 N–H and O–H groups in total. The Morgan fingerprint density at radius 3 is 2.82 bits per heavy atom. The molecule has 0 aliphatic carbocycles. The van der Waals surface area contributed by atoms with Crippen molar-refractivity contribution in [3.05, 3.63) is 29.3 Å². The smallest absolute Gasteiger partial charge is 0.191 e. The summed E-state index contributed by atoms with van der Waals surface area (Å²) in [6.45, 7) is 9.48. The van der Waals surface area contributed by atoms with Gasteiger partial charge in [-0.1, -0.05) is 19.1 Å². The molecule has 2 rings (SSSR count). The van der Waals surface area contributed by atoms with Crippen LogP contribution >= 0.6 is 24.0 Å². The van der Waals surface area contributed by atoms with Gasteiger partial charge in [0.25, 0.3) is 0 Å². The molecule has 0 saturated carbocycles. The van der Waals surface area contributed by atoms with Gasteiger partial charge in [0.2, 0.25) is 0 Å². The Hall–Kier alpha value is -1.06. The lowest BCUT2D eigenvalue weighted by molar-refractivity contribution is 0.141. The SMILES string of the molecule is CCCOc1cc(C)ccc1CNC(=NC)NCC1CCCN1CCOC.I. The van der Waals surface area contributed by atoms with E-state index >= 15 is 0 Å². The molecule has 1 heterocycles. The third-order valence-corrected chi connectivity index (χ3v) is 4.94. The summed E-state index contributed by atoms with van der Waals surface area (Å²) in [5.41, 5.74) is 2.37. The van der Waals surface area contributed by atoms with Crippen LogP contribution in [0.5, 0.6) is 5.75 Å². The summed E-state index contributed by atoms with van der Waals surface area (Å²) in [5, 5.41) is 6.90. The van der Waals surface area contributed by atoms with E-state index in [0.717, 1.165) is 56.5 Å². The van der Waals surface area contributed by atoms with Crippen molar-refractivity contribution in [2.24, 2.45) is 4.99 Å². The molecule has 7 heteroatoms. The van der Waals surface area contributed by atoms with Gasteiger partial charge in [-0.05, 0) is 44.4 Å². The highest BCUT2D eigenvalue weighted by Gasteiger charge is 2.23. The predicted molar refractivity (Wildman–Crippen MR) is 127 cm³/mol. The van der Waals surface area contributed by atoms with Gasteiger partial charge >= 0.3 is 0 Å². The number of methoxy groups -OCH3 is 1. The lowest BCUT2D eigenvalue weighted by Gasteiger charge is -2.25. The molecule has 1 aromatic rings. The molecule has 1 saturated heterocycles. The van der Waals surface area contributed by atoms with E-state index in [1.807, 2.05) is 7.05 Å². The predicted octanol–water partition coefficient (Wildman–Crippen LogP) is 3.18. The summed E-state index contributed by atoms with van der Waals surface area (Å²) in [6, 6.07) is 6.90. The molecule has 160 valence electrons. The number of ether oxygens (including phenoxy) is 2. The lowest BCUT2D eigenvalue weighted by atomic mass is 10.1. The molecule has 1 fully saturated rings. The van der Waals surface area contributed by atoms with E-state index < -0.39 is 0 Å². The Morgan fingerprint density at radius 2 is 2.11 bits per heavy atom. The van der Waals surface area contributed by atoms with Crippen molar-refractivity contribution in [1.82, 2.24) is 15.5 Å². The zero-order valence-corrected chi connectivity index (χ0v) is 20.1. The van der Waals surface area contributed by atoms with E-state index in [2.05, 4.69) is 52.6 Å². The fourth-order valence-corrected chi connectivity index (χ4v) is 3.40. The number of halogens is 1. The molecule has 1 unspecified atom stereocenters. The number of aryl methyl sites for hydroxylation is 1. The maximum absolute atomic E-state index is 5.91. The molecule has 0 bridgehead atoms. The molecule has 1 aliphatic rings. The van der Waals surface area contributed by atoms with Crippen LogP contribution in [-0.4, -0.2) is 63.9 Å². The van der Waals surface area contributed by atoms with Crippen molar-refractivity contribution in [1.29, 1.82) is 0 Å². The third-order valence-electron chi connectivity index (χ3n) is 4.94. The molecule has 28 heavy (non-hydrogen) atoms. The number of likely N-dealkylation sites (tertiary alicyclic amines) is 1. The number of guanidine groups is 1. The second-order valence-corrected chi connectivity index (χ2v) is 7.09. The minimum atomic E-state index is 0. The third kappa shape index (κ3) is 8.13. The summed E-state index contributed by atoms with van der Waals surface area (Å²) < 4.78 is 11.1. The number of rotatable bonds is 10. The summed E-state index contributed by atoms with van der Waals surface area (Å²) >= 11 is 0. The minimum absolute atomic E-state index is 0. The summed E-state index contributed by atoms with van der Waals surface area (Å²) in [4.78, 5) is 6.87. The Bertz CT molecular complexity index is 598. The second-order valence-electron chi connectivity index (χ2n) is 7.09. The molecule has 6 nitrogen and oxygen atoms in total. The van der Waals surface area contributed by atoms with Crippen LogP contribution in [0.15, 0.2) is 23.2 Å². The van der Waals surface area contributed by atoms with Crippen LogP contribution in [0.25, 0.3) is 0 Å². The average Bonchev–Trinajstić information content (AvgIpc) is 3.13. The van der Waals surface area contributed by atoms with E-state index in [4.69, 9.17) is 9.47 Å². The van der Waals surface area contributed by atoms with Gasteiger partial charge in [-0.15, -0.1) is 24.0 Å². The Labute approximate surface area is 187 Å². The fourth-order valence-electron chi connectivity index (χ4n) is 3.40. The van der Waals surface area contributed by atoms with Gasteiger partial charge in [0, 0.05) is 45.4 Å². The van der Waals surface area contributed by atoms with Crippen molar-refractivity contribution in [2.75, 3.05) is 47.0 Å².